The van der Waals surface area contributed by atoms with Crippen LogP contribution in [0.15, 0.2) is 30.5 Å². The first kappa shape index (κ1) is 13.6. The number of aromatic nitrogens is 1. The smallest absolute Gasteiger partial charge is 0.257 e. The van der Waals surface area contributed by atoms with Gasteiger partial charge in [0.1, 0.15) is 0 Å². The number of amides is 1. The highest BCUT2D eigenvalue weighted by Crippen LogP contribution is 2.23. The second-order valence-electron chi connectivity index (χ2n) is 4.04. The van der Waals surface area contributed by atoms with Gasteiger partial charge in [0, 0.05) is 16.9 Å². The summed E-state index contributed by atoms with van der Waals surface area (Å²) < 4.78 is 0. The summed E-state index contributed by atoms with van der Waals surface area (Å²) in [5.74, 6) is -0.358. The van der Waals surface area contributed by atoms with E-state index in [4.69, 9.17) is 28.9 Å². The fourth-order valence-corrected chi connectivity index (χ4v) is 1.90. The van der Waals surface area contributed by atoms with Crippen molar-refractivity contribution >= 4 is 40.5 Å². The van der Waals surface area contributed by atoms with E-state index in [0.29, 0.717) is 22.0 Å². The minimum atomic E-state index is -0.358. The summed E-state index contributed by atoms with van der Waals surface area (Å²) in [6.07, 6.45) is 1.62. The van der Waals surface area contributed by atoms with Crippen molar-refractivity contribution < 1.29 is 4.79 Å². The van der Waals surface area contributed by atoms with Gasteiger partial charge in [-0.05, 0) is 36.8 Å². The molecular weight excluding hydrogens is 285 g/mol. The number of benzene rings is 1. The summed E-state index contributed by atoms with van der Waals surface area (Å²) in [6, 6.07) is 6.42. The summed E-state index contributed by atoms with van der Waals surface area (Å²) in [5.41, 5.74) is 7.73. The molecule has 0 atom stereocenters. The van der Waals surface area contributed by atoms with Gasteiger partial charge >= 0.3 is 0 Å². The molecule has 0 aliphatic heterocycles. The molecule has 0 bridgehead atoms. The highest BCUT2D eigenvalue weighted by Gasteiger charge is 2.12. The lowest BCUT2D eigenvalue weighted by molar-refractivity contribution is 0.102. The van der Waals surface area contributed by atoms with E-state index in [1.807, 2.05) is 6.92 Å². The van der Waals surface area contributed by atoms with Crippen LogP contribution in [0.1, 0.15) is 15.9 Å². The minimum absolute atomic E-state index is 0.228. The first-order chi connectivity index (χ1) is 8.97. The quantitative estimate of drug-likeness (QED) is 0.658. The predicted molar refractivity (Wildman–Crippen MR) is 77.8 cm³/mol. The third-order valence-electron chi connectivity index (χ3n) is 2.48. The number of nitrogens with one attached hydrogen (secondary N) is 1. The Bertz CT molecular complexity index is 644. The number of carbonyl (C=O) groups is 1. The van der Waals surface area contributed by atoms with Crippen molar-refractivity contribution in [3.05, 3.63) is 51.8 Å². The maximum absolute atomic E-state index is 12.1. The largest absolute Gasteiger partial charge is 0.398 e. The standard InChI is InChI=1S/C13H11Cl2N3O/c1-7-4-11(12(15)17-6-7)18-13(19)9-3-2-8(14)5-10(9)16/h2-6H,16H2,1H3,(H,18,19). The van der Waals surface area contributed by atoms with Crippen molar-refractivity contribution in [2.45, 2.75) is 6.92 Å². The first-order valence-corrected chi connectivity index (χ1v) is 6.21. The number of carbonyl (C=O) groups excluding carboxylic acids is 1. The second kappa shape index (κ2) is 5.47. The molecule has 0 saturated carbocycles. The van der Waals surface area contributed by atoms with Gasteiger partial charge in [0.05, 0.1) is 11.3 Å². The van der Waals surface area contributed by atoms with Crippen LogP contribution < -0.4 is 11.1 Å². The summed E-state index contributed by atoms with van der Waals surface area (Å²) in [4.78, 5) is 16.0. The molecule has 98 valence electrons. The van der Waals surface area contributed by atoms with E-state index < -0.39 is 0 Å². The zero-order valence-corrected chi connectivity index (χ0v) is 11.6. The van der Waals surface area contributed by atoms with E-state index in [1.54, 1.807) is 24.4 Å². The van der Waals surface area contributed by atoms with Crippen molar-refractivity contribution in [3.63, 3.8) is 0 Å². The summed E-state index contributed by atoms with van der Waals surface area (Å²) in [5, 5.41) is 3.38. The number of nitrogen functional groups attached to an aromatic ring is 1. The van der Waals surface area contributed by atoms with Gasteiger partial charge < -0.3 is 11.1 Å². The molecule has 1 aromatic heterocycles. The van der Waals surface area contributed by atoms with E-state index >= 15 is 0 Å². The number of anilines is 2. The predicted octanol–water partition coefficient (Wildman–Crippen LogP) is 3.53. The lowest BCUT2D eigenvalue weighted by Gasteiger charge is -2.09. The molecule has 0 radical (unpaired) electrons. The van der Waals surface area contributed by atoms with Crippen LogP contribution in [-0.4, -0.2) is 10.9 Å². The van der Waals surface area contributed by atoms with Crippen molar-refractivity contribution in [3.8, 4) is 0 Å². The van der Waals surface area contributed by atoms with Crippen LogP contribution in [0.4, 0.5) is 11.4 Å². The van der Waals surface area contributed by atoms with Crippen LogP contribution in [0, 0.1) is 6.92 Å². The molecule has 3 N–H and O–H groups in total. The Kier molecular flexibility index (Phi) is 3.93. The van der Waals surface area contributed by atoms with Gasteiger partial charge in [-0.15, -0.1) is 0 Å². The lowest BCUT2D eigenvalue weighted by Crippen LogP contribution is -2.14. The van der Waals surface area contributed by atoms with E-state index in [2.05, 4.69) is 10.3 Å². The molecule has 0 aliphatic rings. The van der Waals surface area contributed by atoms with Gasteiger partial charge in [0.25, 0.3) is 5.91 Å². The Labute approximate surface area is 120 Å². The molecule has 0 aliphatic carbocycles. The van der Waals surface area contributed by atoms with Gasteiger partial charge in [0.15, 0.2) is 5.15 Å². The van der Waals surface area contributed by atoms with Crippen LogP contribution in [0.5, 0.6) is 0 Å². The van der Waals surface area contributed by atoms with Crippen LogP contribution in [0.2, 0.25) is 10.2 Å². The summed E-state index contributed by atoms with van der Waals surface area (Å²) in [6.45, 7) is 1.86. The lowest BCUT2D eigenvalue weighted by atomic mass is 10.1. The van der Waals surface area contributed by atoms with Gasteiger partial charge in [-0.25, -0.2) is 4.98 Å². The minimum Gasteiger partial charge on any atom is -0.398 e. The third kappa shape index (κ3) is 3.16. The fourth-order valence-electron chi connectivity index (χ4n) is 1.57. The average Bonchev–Trinajstić information content (AvgIpc) is 2.33. The highest BCUT2D eigenvalue weighted by atomic mass is 35.5. The SMILES string of the molecule is Cc1cnc(Cl)c(NC(=O)c2ccc(Cl)cc2N)c1. The molecule has 2 rings (SSSR count). The van der Waals surface area contributed by atoms with Crippen LogP contribution in [0.3, 0.4) is 0 Å². The molecule has 0 saturated heterocycles. The maximum atomic E-state index is 12.1. The van der Waals surface area contributed by atoms with Crippen LogP contribution in [-0.2, 0) is 0 Å². The Hall–Kier alpha value is -1.78. The first-order valence-electron chi connectivity index (χ1n) is 5.46. The van der Waals surface area contributed by atoms with Crippen LogP contribution in [0.25, 0.3) is 0 Å². The topological polar surface area (TPSA) is 68.0 Å². The number of nitrogens with two attached hydrogens (primary N) is 1. The zero-order chi connectivity index (χ0) is 14.0. The number of hydrogen-bond donors (Lipinski definition) is 2. The Morgan fingerprint density at radius 2 is 2.05 bits per heavy atom. The van der Waals surface area contributed by atoms with Gasteiger partial charge in [-0.3, -0.25) is 4.79 Å². The van der Waals surface area contributed by atoms with E-state index in [0.717, 1.165) is 5.56 Å². The highest BCUT2D eigenvalue weighted by molar-refractivity contribution is 6.33. The average molecular weight is 296 g/mol. The molecule has 4 nitrogen and oxygen atoms in total. The van der Waals surface area contributed by atoms with Crippen molar-refractivity contribution in [1.29, 1.82) is 0 Å². The number of nitrogens with zero attached hydrogens (tertiary/aromatic N) is 1. The number of halogens is 2. The maximum Gasteiger partial charge on any atom is 0.257 e. The molecule has 0 fully saturated rings. The van der Waals surface area contributed by atoms with Crippen molar-refractivity contribution in [2.75, 3.05) is 11.1 Å². The Morgan fingerprint density at radius 3 is 2.74 bits per heavy atom. The summed E-state index contributed by atoms with van der Waals surface area (Å²) >= 11 is 11.7. The molecule has 1 aromatic carbocycles. The van der Waals surface area contributed by atoms with Crippen molar-refractivity contribution in [1.82, 2.24) is 4.98 Å². The zero-order valence-electron chi connectivity index (χ0n) is 10.1. The molecule has 1 amide bonds. The van der Waals surface area contributed by atoms with Gasteiger partial charge in [-0.1, -0.05) is 23.2 Å². The molecule has 0 unspecified atom stereocenters. The van der Waals surface area contributed by atoms with E-state index in [9.17, 15) is 4.79 Å². The molecule has 19 heavy (non-hydrogen) atoms. The normalized spacial score (nSPS) is 10.3. The summed E-state index contributed by atoms with van der Waals surface area (Å²) in [7, 11) is 0. The van der Waals surface area contributed by atoms with Crippen molar-refractivity contribution in [2.24, 2.45) is 0 Å². The monoisotopic (exact) mass is 295 g/mol. The molecule has 1 heterocycles. The number of aryl methyl sites for hydroxylation is 1. The molecule has 2 aromatic rings. The molecule has 0 spiro atoms. The number of hydrogen-bond acceptors (Lipinski definition) is 3. The number of rotatable bonds is 2. The number of pyridine rings is 1. The Morgan fingerprint density at radius 1 is 1.32 bits per heavy atom. The van der Waals surface area contributed by atoms with Gasteiger partial charge in [-0.2, -0.15) is 0 Å². The molecule has 6 heteroatoms. The fraction of sp³-hybridized carbons (Fsp3) is 0.0769. The second-order valence-corrected chi connectivity index (χ2v) is 4.83. The van der Waals surface area contributed by atoms with Gasteiger partial charge in [0.2, 0.25) is 0 Å². The van der Waals surface area contributed by atoms with E-state index in [-0.39, 0.29) is 11.1 Å². The molecular formula is C13H11Cl2N3O. The third-order valence-corrected chi connectivity index (χ3v) is 3.02. The van der Waals surface area contributed by atoms with E-state index in [1.165, 1.54) is 6.07 Å². The Balaban J connectivity index is 2.28. The van der Waals surface area contributed by atoms with Crippen LogP contribution >= 0.6 is 23.2 Å².